The van der Waals surface area contributed by atoms with Crippen molar-refractivity contribution in [3.63, 3.8) is 0 Å². The smallest absolute Gasteiger partial charge is 0.356 e. The lowest BCUT2D eigenvalue weighted by Crippen LogP contribution is -2.16. The van der Waals surface area contributed by atoms with Gasteiger partial charge in [0.05, 0.1) is 22.2 Å². The number of H-pyrrole nitrogens is 2. The quantitative estimate of drug-likeness (QED) is 0.105. The first-order chi connectivity index (χ1) is 29.6. The van der Waals surface area contributed by atoms with Gasteiger partial charge in [-0.1, -0.05) is 90.1 Å². The molecule has 0 bridgehead atoms. The molecule has 8 aromatic rings. The number of benzene rings is 4. The van der Waals surface area contributed by atoms with E-state index in [1.165, 1.54) is 0 Å². The molecule has 0 aliphatic carbocycles. The van der Waals surface area contributed by atoms with Crippen molar-refractivity contribution in [2.24, 2.45) is 14.1 Å². The van der Waals surface area contributed by atoms with Gasteiger partial charge in [0.1, 0.15) is 0 Å². The number of nitrogens with one attached hydrogen (secondary N) is 3. The van der Waals surface area contributed by atoms with E-state index in [0.717, 1.165) is 55.8 Å². The first-order valence-electron chi connectivity index (χ1n) is 20.2. The zero-order valence-electron chi connectivity index (χ0n) is 37.1. The number of carbonyl (C=O) groups is 2. The molecule has 15 nitrogen and oxygen atoms in total. The van der Waals surface area contributed by atoms with E-state index in [9.17, 15) is 19.2 Å². The number of rotatable bonds is 5. The van der Waals surface area contributed by atoms with Crippen LogP contribution in [0.25, 0.3) is 44.1 Å². The second kappa shape index (κ2) is 17.7. The Morgan fingerprint density at radius 1 is 0.619 bits per heavy atom. The minimum atomic E-state index is -0.980. The molecule has 4 heterocycles. The molecule has 4 aromatic heterocycles. The molecule has 0 unspecified atom stereocenters. The van der Waals surface area contributed by atoms with Gasteiger partial charge in [-0.05, 0) is 73.5 Å². The first kappa shape index (κ1) is 44.9. The van der Waals surface area contributed by atoms with E-state index in [0.29, 0.717) is 27.8 Å². The van der Waals surface area contributed by atoms with Crippen molar-refractivity contribution in [2.45, 2.75) is 66.2 Å². The number of carbonyl (C=O) groups excluding carboxylic acids is 1. The van der Waals surface area contributed by atoms with Crippen molar-refractivity contribution in [1.82, 2.24) is 40.0 Å². The van der Waals surface area contributed by atoms with Crippen LogP contribution in [0.1, 0.15) is 85.0 Å². The van der Waals surface area contributed by atoms with Crippen molar-refractivity contribution in [2.75, 3.05) is 11.1 Å². The number of nitrogens with two attached hydrogens (primary N) is 1. The van der Waals surface area contributed by atoms with Gasteiger partial charge in [0.2, 0.25) is 0 Å². The van der Waals surface area contributed by atoms with Crippen molar-refractivity contribution in [1.29, 1.82) is 0 Å². The zero-order chi connectivity index (χ0) is 46.0. The molecule has 63 heavy (non-hydrogen) atoms. The fourth-order valence-electron chi connectivity index (χ4n) is 7.35. The van der Waals surface area contributed by atoms with Gasteiger partial charge >= 0.3 is 5.97 Å². The largest absolute Gasteiger partial charge is 0.476 e. The Balaban J connectivity index is 0.000000175. The van der Waals surface area contributed by atoms with E-state index in [1.54, 1.807) is 34.6 Å². The average Bonchev–Trinajstić information content (AvgIpc) is 3.83. The number of aromatic nitrogens is 8. The van der Waals surface area contributed by atoms with Gasteiger partial charge in [-0.3, -0.25) is 23.7 Å². The van der Waals surface area contributed by atoms with E-state index >= 15 is 0 Å². The first-order valence-corrected chi connectivity index (χ1v) is 20.2. The number of nitrogen functional groups attached to an aromatic ring is 1. The zero-order valence-corrected chi connectivity index (χ0v) is 37.1. The predicted octanol–water partition coefficient (Wildman–Crippen LogP) is 8.08. The van der Waals surface area contributed by atoms with Crippen LogP contribution in [-0.4, -0.2) is 56.9 Å². The molecule has 8 rings (SSSR count). The van der Waals surface area contributed by atoms with E-state index < -0.39 is 5.97 Å². The molecule has 4 aromatic carbocycles. The van der Waals surface area contributed by atoms with Crippen LogP contribution in [0.4, 0.5) is 11.4 Å². The lowest BCUT2D eigenvalue weighted by atomic mass is 9.92. The van der Waals surface area contributed by atoms with Crippen molar-refractivity contribution < 1.29 is 14.7 Å². The van der Waals surface area contributed by atoms with Crippen molar-refractivity contribution in [3.8, 4) is 22.5 Å². The molecule has 0 aliphatic rings. The molecular weight excluding hydrogens is 797 g/mol. The Kier molecular flexibility index (Phi) is 12.6. The van der Waals surface area contributed by atoms with Crippen LogP contribution >= 0.6 is 0 Å². The van der Waals surface area contributed by atoms with Crippen molar-refractivity contribution in [3.05, 3.63) is 152 Å². The third-order valence-electron chi connectivity index (χ3n) is 10.4. The Morgan fingerprint density at radius 2 is 1.05 bits per heavy atom. The number of fused-ring (bicyclic) bond motifs is 2. The number of aromatic amines is 2. The number of carboxylic acids is 1. The summed E-state index contributed by atoms with van der Waals surface area (Å²) in [5.74, 6) is -1.24. The second-order valence-corrected chi connectivity index (χ2v) is 17.3. The topological polar surface area (TPSA) is 220 Å². The summed E-state index contributed by atoms with van der Waals surface area (Å²) in [7, 11) is 3.60. The Hall–Kier alpha value is -7.68. The predicted molar refractivity (Wildman–Crippen MR) is 248 cm³/mol. The van der Waals surface area contributed by atoms with Crippen LogP contribution in [0, 0.1) is 13.8 Å². The summed E-state index contributed by atoms with van der Waals surface area (Å²) in [6.45, 7) is 16.3. The van der Waals surface area contributed by atoms with Gasteiger partial charge in [0, 0.05) is 69.6 Å². The van der Waals surface area contributed by atoms with Gasteiger partial charge in [-0.2, -0.15) is 20.4 Å². The number of aromatic carboxylic acids is 1. The summed E-state index contributed by atoms with van der Waals surface area (Å²) in [4.78, 5) is 47.2. The fraction of sp³-hybridized carbons (Fsp3) is 0.250. The van der Waals surface area contributed by atoms with Crippen LogP contribution in [0.5, 0.6) is 0 Å². The standard InChI is InChI=1S/C24H25N5O2.C15H13N3O.C9H14N2O2/c1-14-12-15(25-23(31)19-13-20(24(2,3)4)29(5)28-19)10-11-16(14)21-17-8-6-7-9-18(17)22(30)27-26-21;1-9-8-10(16)6-7-11(9)14-12-4-2-3-5-13(12)15(19)18-17-14;1-9(2,3)7-5-6(8(12)13)10-11(7)4/h6-13H,1-5H3,(H,25,31)(H,27,30);2-8H,16H2,1H3,(H,18,19);5H,1-4H3,(H,12,13). The van der Waals surface area contributed by atoms with Crippen LogP contribution in [0.15, 0.2) is 107 Å². The van der Waals surface area contributed by atoms with Gasteiger partial charge in [-0.15, -0.1) is 0 Å². The highest BCUT2D eigenvalue weighted by Crippen LogP contribution is 2.30. The van der Waals surface area contributed by atoms with Gasteiger partial charge < -0.3 is 16.2 Å². The maximum absolute atomic E-state index is 12.7. The van der Waals surface area contributed by atoms with Crippen molar-refractivity contribution >= 4 is 44.8 Å². The van der Waals surface area contributed by atoms with Gasteiger partial charge in [0.25, 0.3) is 17.0 Å². The van der Waals surface area contributed by atoms with Gasteiger partial charge in [0.15, 0.2) is 11.4 Å². The molecule has 0 fully saturated rings. The fourth-order valence-corrected chi connectivity index (χ4v) is 7.35. The SMILES string of the molecule is Cc1cc(N)ccc1-c1n[nH]c(=O)c2ccccc12.Cc1cc(NC(=O)c2cc(C(C)(C)C)n(C)n2)ccc1-c1n[nH]c(=O)c2ccccc12.Cn1nc(C(=O)O)cc1C(C)(C)C. The van der Waals surface area contributed by atoms with E-state index in [1.807, 2.05) is 121 Å². The Morgan fingerprint density at radius 3 is 1.46 bits per heavy atom. The summed E-state index contributed by atoms with van der Waals surface area (Å²) in [5, 5.41) is 36.3. The molecule has 0 atom stereocenters. The maximum atomic E-state index is 12.7. The van der Waals surface area contributed by atoms with E-state index in [-0.39, 0.29) is 33.5 Å². The summed E-state index contributed by atoms with van der Waals surface area (Å²) in [6, 6.07) is 29.6. The number of hydrogen-bond donors (Lipinski definition) is 5. The third-order valence-corrected chi connectivity index (χ3v) is 10.4. The second-order valence-electron chi connectivity index (χ2n) is 17.3. The molecular formula is C48H52N10O5. The Bertz CT molecular complexity index is 3120. The molecule has 0 radical (unpaired) electrons. The highest BCUT2D eigenvalue weighted by Gasteiger charge is 2.23. The summed E-state index contributed by atoms with van der Waals surface area (Å²) < 4.78 is 3.36. The average molecular weight is 849 g/mol. The molecule has 0 spiro atoms. The molecule has 0 saturated carbocycles. The molecule has 6 N–H and O–H groups in total. The normalized spacial score (nSPS) is 11.4. The van der Waals surface area contributed by atoms with Gasteiger partial charge in [-0.25, -0.2) is 15.0 Å². The molecule has 324 valence electrons. The summed E-state index contributed by atoms with van der Waals surface area (Å²) in [5.41, 5.74) is 14.3. The third kappa shape index (κ3) is 9.94. The Labute approximate surface area is 364 Å². The van der Waals surface area contributed by atoms with E-state index in [2.05, 4.69) is 56.7 Å². The summed E-state index contributed by atoms with van der Waals surface area (Å²) >= 11 is 0. The number of amides is 1. The van der Waals surface area contributed by atoms with Crippen LogP contribution < -0.4 is 22.2 Å². The molecule has 0 saturated heterocycles. The molecule has 15 heteroatoms. The monoisotopic (exact) mass is 848 g/mol. The number of nitrogens with zero attached hydrogens (tertiary/aromatic N) is 6. The molecule has 0 aliphatic heterocycles. The van der Waals surface area contributed by atoms with Crippen LogP contribution in [0.2, 0.25) is 0 Å². The van der Waals surface area contributed by atoms with E-state index in [4.69, 9.17) is 10.8 Å². The summed E-state index contributed by atoms with van der Waals surface area (Å²) in [6.07, 6.45) is 0. The lowest BCUT2D eigenvalue weighted by molar-refractivity contribution is 0.0689. The minimum Gasteiger partial charge on any atom is -0.476 e. The highest BCUT2D eigenvalue weighted by atomic mass is 16.4. The lowest BCUT2D eigenvalue weighted by Gasteiger charge is -2.17. The number of aryl methyl sites for hydroxylation is 4. The molecule has 1 amide bonds. The highest BCUT2D eigenvalue weighted by molar-refractivity contribution is 6.03. The number of anilines is 2. The maximum Gasteiger partial charge on any atom is 0.356 e. The van der Waals surface area contributed by atoms with Crippen LogP contribution in [0.3, 0.4) is 0 Å². The number of hydrogen-bond acceptors (Lipinski definition) is 9. The minimum absolute atomic E-state index is 0.0740. The number of carboxylic acid groups (broad SMARTS) is 1. The van der Waals surface area contributed by atoms with Crippen LogP contribution in [-0.2, 0) is 24.9 Å².